The van der Waals surface area contributed by atoms with Gasteiger partial charge in [-0.15, -0.1) is 12.4 Å². The lowest BCUT2D eigenvalue weighted by molar-refractivity contribution is 1.21. The second kappa shape index (κ2) is 5.97. The third-order valence-corrected chi connectivity index (χ3v) is 3.40. The molecule has 0 bridgehead atoms. The number of nitrogens with zero attached hydrogens (tertiary/aromatic N) is 2. The molecule has 0 radical (unpaired) electrons. The summed E-state index contributed by atoms with van der Waals surface area (Å²) >= 11 is 0. The largest absolute Gasteiger partial charge is 0.383 e. The van der Waals surface area contributed by atoms with Crippen LogP contribution in [0.1, 0.15) is 11.1 Å². The number of aromatic nitrogens is 2. The number of benzene rings is 2. The van der Waals surface area contributed by atoms with E-state index in [1.807, 2.05) is 30.3 Å². The van der Waals surface area contributed by atoms with E-state index in [0.717, 1.165) is 16.6 Å². The molecule has 0 aliphatic carbocycles. The fourth-order valence-corrected chi connectivity index (χ4v) is 2.11. The number of hydrogen-bond acceptors (Lipinski definition) is 4. The zero-order valence-corrected chi connectivity index (χ0v) is 12.7. The lowest BCUT2D eigenvalue weighted by Gasteiger charge is -2.09. The summed E-state index contributed by atoms with van der Waals surface area (Å²) in [6.45, 7) is 4.17. The molecule has 2 aromatic carbocycles. The number of hydrogen-bond donors (Lipinski definition) is 2. The van der Waals surface area contributed by atoms with E-state index in [1.54, 1.807) is 0 Å². The second-order valence-corrected chi connectivity index (χ2v) is 4.87. The minimum absolute atomic E-state index is 0. The van der Waals surface area contributed by atoms with Crippen LogP contribution in [0.15, 0.2) is 42.5 Å². The normalized spacial score (nSPS) is 10.2. The van der Waals surface area contributed by atoms with Crippen LogP contribution in [-0.2, 0) is 0 Å². The van der Waals surface area contributed by atoms with Crippen LogP contribution in [0.5, 0.6) is 0 Å². The molecule has 3 N–H and O–H groups in total. The van der Waals surface area contributed by atoms with Crippen LogP contribution in [0.2, 0.25) is 0 Å². The van der Waals surface area contributed by atoms with Crippen LogP contribution in [0, 0.1) is 13.8 Å². The van der Waals surface area contributed by atoms with E-state index < -0.39 is 0 Å². The Morgan fingerprint density at radius 3 is 2.48 bits per heavy atom. The molecule has 0 saturated heterocycles. The highest BCUT2D eigenvalue weighted by Crippen LogP contribution is 2.22. The molecule has 1 heterocycles. The first-order chi connectivity index (χ1) is 9.63. The Balaban J connectivity index is 0.00000161. The van der Waals surface area contributed by atoms with E-state index in [-0.39, 0.29) is 12.4 Å². The maximum Gasteiger partial charge on any atom is 0.229 e. The fourth-order valence-electron chi connectivity index (χ4n) is 2.11. The lowest BCUT2D eigenvalue weighted by atomic mass is 10.1. The number of nitrogen functional groups attached to an aromatic ring is 1. The topological polar surface area (TPSA) is 63.8 Å². The molecule has 1 aromatic heterocycles. The highest BCUT2D eigenvalue weighted by molar-refractivity contribution is 5.89. The summed E-state index contributed by atoms with van der Waals surface area (Å²) in [7, 11) is 0. The van der Waals surface area contributed by atoms with Crippen LogP contribution in [-0.4, -0.2) is 9.97 Å². The van der Waals surface area contributed by atoms with Gasteiger partial charge in [0, 0.05) is 11.1 Å². The molecular formula is C16H17ClN4. The molecule has 0 saturated carbocycles. The van der Waals surface area contributed by atoms with Crippen molar-refractivity contribution in [1.29, 1.82) is 0 Å². The molecule has 0 aliphatic rings. The minimum Gasteiger partial charge on any atom is -0.383 e. The van der Waals surface area contributed by atoms with Crippen molar-refractivity contribution in [2.45, 2.75) is 13.8 Å². The van der Waals surface area contributed by atoms with Crippen molar-refractivity contribution < 1.29 is 0 Å². The monoisotopic (exact) mass is 300 g/mol. The first kappa shape index (κ1) is 15.1. The molecule has 0 spiro atoms. The molecule has 0 atom stereocenters. The molecule has 21 heavy (non-hydrogen) atoms. The SMILES string of the molecule is Cc1ccc(Nc2nc(N)c3ccccc3n2)cc1C.Cl. The molecule has 0 fully saturated rings. The lowest BCUT2D eigenvalue weighted by Crippen LogP contribution is -2.01. The molecule has 3 rings (SSSR count). The van der Waals surface area contributed by atoms with Gasteiger partial charge in [-0.05, 0) is 49.2 Å². The maximum atomic E-state index is 5.97. The second-order valence-electron chi connectivity index (χ2n) is 4.87. The van der Waals surface area contributed by atoms with Crippen molar-refractivity contribution in [1.82, 2.24) is 9.97 Å². The Kier molecular flexibility index (Phi) is 4.29. The van der Waals surface area contributed by atoms with E-state index in [2.05, 4.69) is 41.3 Å². The van der Waals surface area contributed by atoms with Gasteiger partial charge in [0.05, 0.1) is 5.52 Å². The average molecular weight is 301 g/mol. The van der Waals surface area contributed by atoms with Gasteiger partial charge in [0.25, 0.3) is 0 Å². The highest BCUT2D eigenvalue weighted by Gasteiger charge is 2.05. The number of aryl methyl sites for hydroxylation is 2. The number of nitrogens with one attached hydrogen (secondary N) is 1. The summed E-state index contributed by atoms with van der Waals surface area (Å²) in [5, 5.41) is 4.08. The summed E-state index contributed by atoms with van der Waals surface area (Å²) in [5.41, 5.74) is 10.3. The van der Waals surface area contributed by atoms with E-state index in [0.29, 0.717) is 11.8 Å². The zero-order chi connectivity index (χ0) is 14.1. The number of anilines is 3. The quantitative estimate of drug-likeness (QED) is 0.751. The standard InChI is InChI=1S/C16H16N4.ClH/c1-10-7-8-12(9-11(10)2)18-16-19-14-6-4-3-5-13(14)15(17)20-16;/h3-9H,1-2H3,(H3,17,18,19,20);1H. The molecule has 4 nitrogen and oxygen atoms in total. The van der Waals surface area contributed by atoms with E-state index in [4.69, 9.17) is 5.73 Å². The number of nitrogens with two attached hydrogens (primary N) is 1. The summed E-state index contributed by atoms with van der Waals surface area (Å²) < 4.78 is 0. The van der Waals surface area contributed by atoms with Crippen LogP contribution in [0.25, 0.3) is 10.9 Å². The van der Waals surface area contributed by atoms with Gasteiger partial charge < -0.3 is 11.1 Å². The molecule has 5 heteroatoms. The van der Waals surface area contributed by atoms with Crippen molar-refractivity contribution >= 4 is 40.8 Å². The first-order valence-electron chi connectivity index (χ1n) is 6.50. The maximum absolute atomic E-state index is 5.97. The number of halogens is 1. The van der Waals surface area contributed by atoms with Gasteiger partial charge in [-0.3, -0.25) is 0 Å². The van der Waals surface area contributed by atoms with Gasteiger partial charge in [0.2, 0.25) is 5.95 Å². The Morgan fingerprint density at radius 2 is 1.71 bits per heavy atom. The number of para-hydroxylation sites is 1. The summed E-state index contributed by atoms with van der Waals surface area (Å²) in [6, 6.07) is 13.9. The smallest absolute Gasteiger partial charge is 0.229 e. The first-order valence-corrected chi connectivity index (χ1v) is 6.50. The Hall–Kier alpha value is -2.33. The van der Waals surface area contributed by atoms with Crippen molar-refractivity contribution in [3.63, 3.8) is 0 Å². The van der Waals surface area contributed by atoms with Crippen LogP contribution >= 0.6 is 12.4 Å². The molecule has 3 aromatic rings. The Labute approximate surface area is 129 Å². The van der Waals surface area contributed by atoms with Gasteiger partial charge in [0.1, 0.15) is 5.82 Å². The average Bonchev–Trinajstić information content (AvgIpc) is 2.43. The van der Waals surface area contributed by atoms with Crippen LogP contribution in [0.4, 0.5) is 17.5 Å². The summed E-state index contributed by atoms with van der Waals surface area (Å²) in [4.78, 5) is 8.79. The Bertz CT molecular complexity index is 786. The fraction of sp³-hybridized carbons (Fsp3) is 0.125. The van der Waals surface area contributed by atoms with E-state index in [1.165, 1.54) is 11.1 Å². The number of rotatable bonds is 2. The van der Waals surface area contributed by atoms with Crippen molar-refractivity contribution in [3.05, 3.63) is 53.6 Å². The summed E-state index contributed by atoms with van der Waals surface area (Å²) in [5.74, 6) is 1.01. The van der Waals surface area contributed by atoms with Gasteiger partial charge in [-0.2, -0.15) is 4.98 Å². The minimum atomic E-state index is 0. The van der Waals surface area contributed by atoms with Gasteiger partial charge in [0.15, 0.2) is 0 Å². The van der Waals surface area contributed by atoms with Crippen LogP contribution in [0.3, 0.4) is 0 Å². The van der Waals surface area contributed by atoms with Crippen molar-refractivity contribution in [2.75, 3.05) is 11.1 Å². The predicted molar refractivity (Wildman–Crippen MR) is 90.4 cm³/mol. The summed E-state index contributed by atoms with van der Waals surface area (Å²) in [6.07, 6.45) is 0. The highest BCUT2D eigenvalue weighted by atomic mass is 35.5. The van der Waals surface area contributed by atoms with Crippen molar-refractivity contribution in [2.24, 2.45) is 0 Å². The predicted octanol–water partition coefficient (Wildman–Crippen LogP) is 3.99. The molecule has 108 valence electrons. The molecular weight excluding hydrogens is 284 g/mol. The third-order valence-electron chi connectivity index (χ3n) is 3.40. The number of fused-ring (bicyclic) bond motifs is 1. The van der Waals surface area contributed by atoms with E-state index >= 15 is 0 Å². The molecule has 0 aliphatic heterocycles. The van der Waals surface area contributed by atoms with Gasteiger partial charge >= 0.3 is 0 Å². The molecule has 0 unspecified atom stereocenters. The van der Waals surface area contributed by atoms with Gasteiger partial charge in [-0.25, -0.2) is 4.98 Å². The third kappa shape index (κ3) is 3.06. The van der Waals surface area contributed by atoms with Crippen molar-refractivity contribution in [3.8, 4) is 0 Å². The Morgan fingerprint density at radius 1 is 0.952 bits per heavy atom. The molecule has 0 amide bonds. The van der Waals surface area contributed by atoms with E-state index in [9.17, 15) is 0 Å². The van der Waals surface area contributed by atoms with Crippen LogP contribution < -0.4 is 11.1 Å². The van der Waals surface area contributed by atoms with Gasteiger partial charge in [-0.1, -0.05) is 18.2 Å². The zero-order valence-electron chi connectivity index (χ0n) is 11.9.